The van der Waals surface area contributed by atoms with Gasteiger partial charge in [0.15, 0.2) is 0 Å². The molecule has 3 N–H and O–H groups in total. The summed E-state index contributed by atoms with van der Waals surface area (Å²) in [6.07, 6.45) is 1.98. The fourth-order valence-corrected chi connectivity index (χ4v) is 5.61. The van der Waals surface area contributed by atoms with Crippen molar-refractivity contribution in [1.29, 1.82) is 0 Å². The number of thioether (sulfide) groups is 1. The molecule has 2 aliphatic rings. The van der Waals surface area contributed by atoms with Crippen molar-refractivity contribution in [2.45, 2.75) is 31.9 Å². The first-order valence-corrected chi connectivity index (χ1v) is 10.00. The van der Waals surface area contributed by atoms with Gasteiger partial charge in [0.05, 0.1) is 17.2 Å². The third-order valence-electron chi connectivity index (χ3n) is 5.35. The summed E-state index contributed by atoms with van der Waals surface area (Å²) >= 11 is 1.50. The van der Waals surface area contributed by atoms with Crippen molar-refractivity contribution in [2.24, 2.45) is 11.3 Å². The highest BCUT2D eigenvalue weighted by atomic mass is 32.2. The van der Waals surface area contributed by atoms with E-state index >= 15 is 0 Å². The normalized spacial score (nSPS) is 23.2. The Labute approximate surface area is 163 Å². The highest BCUT2D eigenvalue weighted by Gasteiger charge is 2.51. The van der Waals surface area contributed by atoms with E-state index < -0.39 is 5.97 Å². The van der Waals surface area contributed by atoms with E-state index in [1.165, 1.54) is 11.8 Å². The number of carboxylic acid groups (broad SMARTS) is 1. The molecule has 146 valence electrons. The number of hydrogen-bond acceptors (Lipinski definition) is 5. The van der Waals surface area contributed by atoms with E-state index in [0.717, 1.165) is 18.5 Å². The number of hydrogen-bond donors (Lipinski definition) is 3. The lowest BCUT2D eigenvalue weighted by Gasteiger charge is -2.26. The molecule has 7 heteroatoms. The highest BCUT2D eigenvalue weighted by Crippen LogP contribution is 2.57. The molecule has 2 atom stereocenters. The number of ether oxygens (including phenoxy) is 1. The molecule has 3 rings (SSSR count). The molecule has 0 spiro atoms. The molecule has 0 radical (unpaired) electrons. The maximum absolute atomic E-state index is 12.6. The van der Waals surface area contributed by atoms with Gasteiger partial charge in [0.2, 0.25) is 0 Å². The van der Waals surface area contributed by atoms with Crippen LogP contribution in [0.2, 0.25) is 0 Å². The van der Waals surface area contributed by atoms with E-state index in [1.54, 1.807) is 19.2 Å². The van der Waals surface area contributed by atoms with Crippen molar-refractivity contribution in [1.82, 2.24) is 5.32 Å². The second kappa shape index (κ2) is 7.94. The molecule has 27 heavy (non-hydrogen) atoms. The van der Waals surface area contributed by atoms with Gasteiger partial charge in [0.25, 0.3) is 5.91 Å². The van der Waals surface area contributed by atoms with E-state index in [-0.39, 0.29) is 22.5 Å². The van der Waals surface area contributed by atoms with Crippen molar-refractivity contribution in [3.8, 4) is 0 Å². The van der Waals surface area contributed by atoms with Gasteiger partial charge in [-0.25, -0.2) is 4.79 Å². The van der Waals surface area contributed by atoms with Crippen LogP contribution in [-0.4, -0.2) is 42.5 Å². The third kappa shape index (κ3) is 4.14. The lowest BCUT2D eigenvalue weighted by Crippen LogP contribution is -2.28. The number of nitrogens with one attached hydrogen (secondary N) is 2. The average molecular weight is 391 g/mol. The van der Waals surface area contributed by atoms with Crippen molar-refractivity contribution in [3.63, 3.8) is 0 Å². The second-order valence-electron chi connectivity index (χ2n) is 7.66. The molecule has 1 aromatic carbocycles. The summed E-state index contributed by atoms with van der Waals surface area (Å²) in [6.45, 7) is 5.51. The minimum atomic E-state index is -0.932. The van der Waals surface area contributed by atoms with Gasteiger partial charge in [-0.2, -0.15) is 0 Å². The first-order valence-electron chi connectivity index (χ1n) is 9.12. The molecule has 2 unspecified atom stereocenters. The Bertz CT molecular complexity index is 758. The van der Waals surface area contributed by atoms with Crippen LogP contribution in [0.25, 0.3) is 0 Å². The molecule has 0 bridgehead atoms. The van der Waals surface area contributed by atoms with Crippen molar-refractivity contribution >= 4 is 29.3 Å². The predicted octanol–water partition coefficient (Wildman–Crippen LogP) is 3.32. The van der Waals surface area contributed by atoms with Crippen LogP contribution in [0.4, 0.5) is 5.69 Å². The molecule has 6 nitrogen and oxygen atoms in total. The standard InChI is InChI=1S/C20H26N2O4S/c1-20(2)9-8-14-16(20)15(19(24)25)18(27-14)22-17(23)12-4-6-13(7-5-12)21-10-11-26-3/h4-7,14,16,21H,8-11H2,1-3H3,(H,22,23)(H,24,25). The van der Waals surface area contributed by atoms with E-state index in [9.17, 15) is 14.7 Å². The molecule has 1 heterocycles. The predicted molar refractivity (Wildman–Crippen MR) is 107 cm³/mol. The Morgan fingerprint density at radius 1 is 1.30 bits per heavy atom. The Balaban J connectivity index is 1.73. The Hall–Kier alpha value is -1.99. The lowest BCUT2D eigenvalue weighted by atomic mass is 9.77. The number of carboxylic acids is 1. The van der Waals surface area contributed by atoms with Gasteiger partial charge >= 0.3 is 5.97 Å². The monoisotopic (exact) mass is 390 g/mol. The first-order chi connectivity index (χ1) is 12.8. The average Bonchev–Trinajstić information content (AvgIpc) is 3.13. The summed E-state index contributed by atoms with van der Waals surface area (Å²) in [7, 11) is 1.64. The Morgan fingerprint density at radius 2 is 2.00 bits per heavy atom. The minimum absolute atomic E-state index is 0.0253. The summed E-state index contributed by atoms with van der Waals surface area (Å²) in [6, 6.07) is 7.12. The van der Waals surface area contributed by atoms with Crippen LogP contribution in [0, 0.1) is 11.3 Å². The maximum atomic E-state index is 12.6. The van der Waals surface area contributed by atoms with Crippen LogP contribution < -0.4 is 10.6 Å². The van der Waals surface area contributed by atoms with Crippen molar-refractivity contribution < 1.29 is 19.4 Å². The van der Waals surface area contributed by atoms with Gasteiger partial charge in [0, 0.05) is 36.1 Å². The van der Waals surface area contributed by atoms with E-state index in [0.29, 0.717) is 29.3 Å². The van der Waals surface area contributed by atoms with Crippen LogP contribution in [0.1, 0.15) is 37.0 Å². The topological polar surface area (TPSA) is 87.7 Å². The summed E-state index contributed by atoms with van der Waals surface area (Å²) in [5.41, 5.74) is 1.70. The molecule has 1 aliphatic carbocycles. The smallest absolute Gasteiger partial charge is 0.334 e. The van der Waals surface area contributed by atoms with E-state index in [1.807, 2.05) is 12.1 Å². The highest BCUT2D eigenvalue weighted by molar-refractivity contribution is 8.04. The number of amides is 1. The second-order valence-corrected chi connectivity index (χ2v) is 8.91. The van der Waals surface area contributed by atoms with Crippen LogP contribution in [0.15, 0.2) is 34.9 Å². The van der Waals surface area contributed by atoms with Crippen molar-refractivity contribution in [2.75, 3.05) is 25.6 Å². The number of fused-ring (bicyclic) bond motifs is 1. The zero-order valence-electron chi connectivity index (χ0n) is 15.9. The summed E-state index contributed by atoms with van der Waals surface area (Å²) < 4.78 is 4.99. The number of carbonyl (C=O) groups is 2. The first kappa shape index (κ1) is 19.8. The van der Waals surface area contributed by atoms with E-state index in [4.69, 9.17) is 4.74 Å². The SMILES string of the molecule is COCCNc1ccc(C(=O)NC2=C(C(=O)O)C3C(CCC3(C)C)S2)cc1. The molecule has 1 fully saturated rings. The Kier molecular flexibility index (Phi) is 5.81. The zero-order chi connectivity index (χ0) is 19.6. The van der Waals surface area contributed by atoms with Crippen LogP contribution in [-0.2, 0) is 9.53 Å². The van der Waals surface area contributed by atoms with Gasteiger partial charge in [-0.15, -0.1) is 11.8 Å². The third-order valence-corrected chi connectivity index (χ3v) is 6.72. The lowest BCUT2D eigenvalue weighted by molar-refractivity contribution is -0.133. The molecule has 1 aliphatic heterocycles. The summed E-state index contributed by atoms with van der Waals surface area (Å²) in [4.78, 5) is 24.5. The molecule has 0 saturated heterocycles. The molecule has 1 saturated carbocycles. The van der Waals surface area contributed by atoms with Crippen molar-refractivity contribution in [3.05, 3.63) is 40.4 Å². The number of methoxy groups -OCH3 is 1. The minimum Gasteiger partial charge on any atom is -0.478 e. The maximum Gasteiger partial charge on any atom is 0.334 e. The largest absolute Gasteiger partial charge is 0.478 e. The molecule has 0 aromatic heterocycles. The van der Waals surface area contributed by atoms with E-state index in [2.05, 4.69) is 24.5 Å². The zero-order valence-corrected chi connectivity index (χ0v) is 16.7. The van der Waals surface area contributed by atoms with Crippen LogP contribution in [0.3, 0.4) is 0 Å². The molecular weight excluding hydrogens is 364 g/mol. The molecule has 1 amide bonds. The molecule has 1 aromatic rings. The van der Waals surface area contributed by atoms with Crippen LogP contribution in [0.5, 0.6) is 0 Å². The van der Waals surface area contributed by atoms with Gasteiger partial charge in [0.1, 0.15) is 0 Å². The fraction of sp³-hybridized carbons (Fsp3) is 0.500. The number of benzene rings is 1. The van der Waals surface area contributed by atoms with Gasteiger partial charge in [-0.1, -0.05) is 13.8 Å². The number of anilines is 1. The number of aliphatic carboxylic acids is 1. The Morgan fingerprint density at radius 3 is 2.63 bits per heavy atom. The quantitative estimate of drug-likeness (QED) is 0.619. The number of carbonyl (C=O) groups excluding carboxylic acids is 1. The van der Waals surface area contributed by atoms with Gasteiger partial charge in [-0.05, 0) is 42.5 Å². The van der Waals surface area contributed by atoms with Gasteiger partial charge < -0.3 is 20.5 Å². The summed E-state index contributed by atoms with van der Waals surface area (Å²) in [5.74, 6) is -1.24. The summed E-state index contributed by atoms with van der Waals surface area (Å²) in [5, 5.41) is 16.5. The molecular formula is C20H26N2O4S. The van der Waals surface area contributed by atoms with Crippen LogP contribution >= 0.6 is 11.8 Å². The van der Waals surface area contributed by atoms with Gasteiger partial charge in [-0.3, -0.25) is 4.79 Å². The number of rotatable bonds is 7. The fourth-order valence-electron chi connectivity index (χ4n) is 3.94.